The summed E-state index contributed by atoms with van der Waals surface area (Å²) in [6.07, 6.45) is 6.61. The normalized spacial score (nSPS) is 21.1. The monoisotopic (exact) mass is 374 g/mol. The maximum Gasteiger partial charge on any atom is 0.0576 e. The fourth-order valence-corrected chi connectivity index (χ4v) is 3.50. The molecule has 1 nitrogen and oxygen atoms in total. The van der Waals surface area contributed by atoms with E-state index in [0.717, 1.165) is 18.4 Å². The van der Waals surface area contributed by atoms with E-state index in [0.29, 0.717) is 12.0 Å². The Balaban J connectivity index is 1.83. The van der Waals surface area contributed by atoms with Gasteiger partial charge in [-0.25, -0.2) is 0 Å². The highest BCUT2D eigenvalue weighted by atomic mass is 79.9. The third kappa shape index (κ3) is 4.36. The van der Waals surface area contributed by atoms with Crippen LogP contribution in [0.15, 0.2) is 28.7 Å². The van der Waals surface area contributed by atoms with Crippen LogP contribution in [0.3, 0.4) is 0 Å². The van der Waals surface area contributed by atoms with Crippen molar-refractivity contribution >= 4 is 31.9 Å². The Morgan fingerprint density at radius 3 is 2.83 bits per heavy atom. The summed E-state index contributed by atoms with van der Waals surface area (Å²) in [6.45, 7) is 0.966. The van der Waals surface area contributed by atoms with E-state index >= 15 is 0 Å². The molecule has 0 amide bonds. The first-order valence-corrected chi connectivity index (χ1v) is 8.62. The summed E-state index contributed by atoms with van der Waals surface area (Å²) in [5.74, 6) is 0.702. The van der Waals surface area contributed by atoms with Gasteiger partial charge in [-0.15, -0.1) is 0 Å². The maximum atomic E-state index is 5.70. The van der Waals surface area contributed by atoms with Crippen molar-refractivity contribution in [3.8, 4) is 0 Å². The first-order valence-electron chi connectivity index (χ1n) is 6.70. The second-order valence-corrected chi connectivity index (χ2v) is 6.53. The van der Waals surface area contributed by atoms with Crippen molar-refractivity contribution in [2.24, 2.45) is 5.92 Å². The van der Waals surface area contributed by atoms with Crippen LogP contribution >= 0.6 is 31.9 Å². The van der Waals surface area contributed by atoms with Crippen LogP contribution in [-0.2, 0) is 11.2 Å². The highest BCUT2D eigenvalue weighted by Gasteiger charge is 2.18. The summed E-state index contributed by atoms with van der Waals surface area (Å²) in [5, 5.41) is 1.07. The summed E-state index contributed by atoms with van der Waals surface area (Å²) in [5.41, 5.74) is 1.41. The van der Waals surface area contributed by atoms with Gasteiger partial charge in [-0.2, -0.15) is 0 Å². The predicted octanol–water partition coefficient (Wildman–Crippen LogP) is 4.96. The fraction of sp³-hybridized carbons (Fsp3) is 0.600. The number of hydrogen-bond acceptors (Lipinski definition) is 1. The molecule has 3 heteroatoms. The quantitative estimate of drug-likeness (QED) is 0.638. The Kier molecular flexibility index (Phi) is 6.19. The molecule has 18 heavy (non-hydrogen) atoms. The Morgan fingerprint density at radius 1 is 1.33 bits per heavy atom. The van der Waals surface area contributed by atoms with E-state index in [2.05, 4.69) is 56.1 Å². The summed E-state index contributed by atoms with van der Waals surface area (Å²) < 4.78 is 6.93. The molecule has 0 saturated carbocycles. The lowest BCUT2D eigenvalue weighted by atomic mass is 9.95. The van der Waals surface area contributed by atoms with Crippen LogP contribution in [0.1, 0.15) is 31.2 Å². The van der Waals surface area contributed by atoms with Crippen LogP contribution in [0.5, 0.6) is 0 Å². The van der Waals surface area contributed by atoms with Crippen molar-refractivity contribution in [2.45, 2.75) is 38.2 Å². The van der Waals surface area contributed by atoms with E-state index < -0.39 is 0 Å². The van der Waals surface area contributed by atoms with Gasteiger partial charge in [0, 0.05) is 16.4 Å². The van der Waals surface area contributed by atoms with Crippen molar-refractivity contribution in [1.82, 2.24) is 0 Å². The lowest BCUT2D eigenvalue weighted by Gasteiger charge is -2.17. The minimum Gasteiger partial charge on any atom is -0.378 e. The molecule has 2 rings (SSSR count). The van der Waals surface area contributed by atoms with E-state index in [1.54, 1.807) is 0 Å². The summed E-state index contributed by atoms with van der Waals surface area (Å²) >= 11 is 7.28. The van der Waals surface area contributed by atoms with Crippen LogP contribution < -0.4 is 0 Å². The molecule has 1 saturated heterocycles. The largest absolute Gasteiger partial charge is 0.378 e. The third-order valence-corrected chi connectivity index (χ3v) is 5.29. The SMILES string of the molecule is BrCC(CCC1CCCO1)Cc1ccccc1Br. The zero-order valence-corrected chi connectivity index (χ0v) is 13.8. The molecule has 0 spiro atoms. The molecule has 1 heterocycles. The zero-order chi connectivity index (χ0) is 12.8. The number of hydrogen-bond donors (Lipinski definition) is 0. The van der Waals surface area contributed by atoms with Gasteiger partial charge >= 0.3 is 0 Å². The Bertz CT molecular complexity index is 361. The first kappa shape index (κ1) is 14.5. The molecule has 1 aromatic carbocycles. The zero-order valence-electron chi connectivity index (χ0n) is 10.6. The molecule has 0 N–H and O–H groups in total. The average molecular weight is 376 g/mol. The minimum absolute atomic E-state index is 0.519. The van der Waals surface area contributed by atoms with Gasteiger partial charge in [0.15, 0.2) is 0 Å². The van der Waals surface area contributed by atoms with E-state index in [-0.39, 0.29) is 0 Å². The second-order valence-electron chi connectivity index (χ2n) is 5.03. The van der Waals surface area contributed by atoms with Gasteiger partial charge in [0.05, 0.1) is 6.10 Å². The molecule has 1 fully saturated rings. The maximum absolute atomic E-state index is 5.70. The van der Waals surface area contributed by atoms with Gasteiger partial charge in [-0.3, -0.25) is 0 Å². The molecule has 1 aliphatic rings. The van der Waals surface area contributed by atoms with Crippen LogP contribution in [0, 0.1) is 5.92 Å². The Morgan fingerprint density at radius 2 is 2.17 bits per heavy atom. The van der Waals surface area contributed by atoms with Crippen molar-refractivity contribution in [3.05, 3.63) is 34.3 Å². The van der Waals surface area contributed by atoms with Gasteiger partial charge in [0.2, 0.25) is 0 Å². The third-order valence-electron chi connectivity index (χ3n) is 3.61. The molecule has 100 valence electrons. The average Bonchev–Trinajstić information content (AvgIpc) is 2.90. The summed E-state index contributed by atoms with van der Waals surface area (Å²) in [6, 6.07) is 8.53. The highest BCUT2D eigenvalue weighted by molar-refractivity contribution is 9.10. The van der Waals surface area contributed by atoms with Gasteiger partial charge < -0.3 is 4.74 Å². The van der Waals surface area contributed by atoms with E-state index in [4.69, 9.17) is 4.74 Å². The van der Waals surface area contributed by atoms with Crippen LogP contribution in [0.25, 0.3) is 0 Å². The van der Waals surface area contributed by atoms with E-state index in [1.807, 2.05) is 0 Å². The number of halogens is 2. The molecular weight excluding hydrogens is 356 g/mol. The van der Waals surface area contributed by atoms with Crippen LogP contribution in [-0.4, -0.2) is 18.0 Å². The van der Waals surface area contributed by atoms with Crippen molar-refractivity contribution in [1.29, 1.82) is 0 Å². The van der Waals surface area contributed by atoms with Gasteiger partial charge in [0.1, 0.15) is 0 Å². The Hall–Kier alpha value is 0.140. The smallest absolute Gasteiger partial charge is 0.0576 e. The van der Waals surface area contributed by atoms with Gasteiger partial charge in [-0.05, 0) is 49.7 Å². The molecule has 0 bridgehead atoms. The summed E-state index contributed by atoms with van der Waals surface area (Å²) in [7, 11) is 0. The molecule has 1 aromatic rings. The predicted molar refractivity (Wildman–Crippen MR) is 83.3 cm³/mol. The van der Waals surface area contributed by atoms with Gasteiger partial charge in [-0.1, -0.05) is 50.1 Å². The molecule has 2 atom stereocenters. The number of rotatable bonds is 6. The van der Waals surface area contributed by atoms with Gasteiger partial charge in [0.25, 0.3) is 0 Å². The molecule has 0 aromatic heterocycles. The molecule has 0 aliphatic carbocycles. The second kappa shape index (κ2) is 7.66. The molecule has 2 unspecified atom stereocenters. The van der Waals surface area contributed by atoms with Crippen LogP contribution in [0.4, 0.5) is 0 Å². The fourth-order valence-electron chi connectivity index (χ4n) is 2.50. The van der Waals surface area contributed by atoms with E-state index in [1.165, 1.54) is 35.7 Å². The minimum atomic E-state index is 0.519. The molecular formula is C15H20Br2O. The lowest BCUT2D eigenvalue weighted by Crippen LogP contribution is -2.12. The first-order chi connectivity index (χ1) is 8.79. The summed E-state index contributed by atoms with van der Waals surface area (Å²) in [4.78, 5) is 0. The highest BCUT2D eigenvalue weighted by Crippen LogP contribution is 2.25. The number of alkyl halides is 1. The number of ether oxygens (including phenoxy) is 1. The topological polar surface area (TPSA) is 9.23 Å². The Labute approximate surface area is 127 Å². The van der Waals surface area contributed by atoms with Crippen LogP contribution in [0.2, 0.25) is 0 Å². The van der Waals surface area contributed by atoms with E-state index in [9.17, 15) is 0 Å². The van der Waals surface area contributed by atoms with Crippen molar-refractivity contribution in [2.75, 3.05) is 11.9 Å². The standard InChI is InChI=1S/C15H20Br2O/c16-11-12(7-8-14-5-3-9-18-14)10-13-4-1-2-6-15(13)17/h1-2,4,6,12,14H,3,5,7-11H2. The molecule has 0 radical (unpaired) electrons. The van der Waals surface area contributed by atoms with Crippen molar-refractivity contribution < 1.29 is 4.74 Å². The lowest BCUT2D eigenvalue weighted by molar-refractivity contribution is 0.0989. The molecule has 1 aliphatic heterocycles. The van der Waals surface area contributed by atoms with Crippen molar-refractivity contribution in [3.63, 3.8) is 0 Å². The number of benzene rings is 1.